The first-order valence-electron chi connectivity index (χ1n) is 8.79. The molecule has 0 N–H and O–H groups in total. The third kappa shape index (κ3) is 3.06. The number of allylic oxidation sites excluding steroid dienone is 5. The standard InChI is InChI=1S/C20H28O2/c1-4-16(6-7-19(5-2)22-13(3)21)20-17-9-14-8-15(11-17)12-18(20)10-14/h4-7,14-15,17-18,20H,8-12H2,1-3H3/b7-6-,16-4+,19-5+. The fraction of sp³-hybridized carbons (Fsp3) is 0.650. The van der Waals surface area contributed by atoms with Crippen molar-refractivity contribution in [3.63, 3.8) is 0 Å². The largest absolute Gasteiger partial charge is 0.427 e. The smallest absolute Gasteiger partial charge is 0.308 e. The lowest BCUT2D eigenvalue weighted by molar-refractivity contribution is -0.136. The molecule has 0 amide bonds. The van der Waals surface area contributed by atoms with Gasteiger partial charge in [-0.2, -0.15) is 0 Å². The van der Waals surface area contributed by atoms with Crippen LogP contribution in [0.2, 0.25) is 0 Å². The molecular weight excluding hydrogens is 272 g/mol. The summed E-state index contributed by atoms with van der Waals surface area (Å²) >= 11 is 0. The monoisotopic (exact) mass is 300 g/mol. The molecule has 0 unspecified atom stereocenters. The highest BCUT2D eigenvalue weighted by Crippen LogP contribution is 2.58. The molecule has 4 bridgehead atoms. The van der Waals surface area contributed by atoms with E-state index in [1.54, 1.807) is 0 Å². The Kier molecular flexibility index (Phi) is 4.56. The lowest BCUT2D eigenvalue weighted by Crippen LogP contribution is -2.45. The number of carbonyl (C=O) groups excluding carboxylic acids is 1. The fourth-order valence-corrected chi connectivity index (χ4v) is 5.40. The van der Waals surface area contributed by atoms with Crippen LogP contribution >= 0.6 is 0 Å². The number of carbonyl (C=O) groups is 1. The Balaban J connectivity index is 1.73. The van der Waals surface area contributed by atoms with Crippen molar-refractivity contribution in [1.29, 1.82) is 0 Å². The van der Waals surface area contributed by atoms with Crippen molar-refractivity contribution >= 4 is 5.97 Å². The lowest BCUT2D eigenvalue weighted by atomic mass is 9.50. The van der Waals surface area contributed by atoms with Crippen LogP contribution in [0.5, 0.6) is 0 Å². The normalized spacial score (nSPS) is 37.9. The van der Waals surface area contributed by atoms with Crippen LogP contribution in [0.3, 0.4) is 0 Å². The minimum atomic E-state index is -0.255. The Morgan fingerprint density at radius 1 is 0.909 bits per heavy atom. The third-order valence-electron chi connectivity index (χ3n) is 5.93. The molecule has 2 nitrogen and oxygen atoms in total. The number of hydrogen-bond acceptors (Lipinski definition) is 2. The van der Waals surface area contributed by atoms with Gasteiger partial charge in [-0.05, 0) is 93.3 Å². The summed E-state index contributed by atoms with van der Waals surface area (Å²) in [5, 5.41) is 0. The highest BCUT2D eigenvalue weighted by Gasteiger charge is 2.48. The summed E-state index contributed by atoms with van der Waals surface area (Å²) in [7, 11) is 0. The Labute approximate surface area is 134 Å². The maximum absolute atomic E-state index is 11.1. The molecule has 0 aliphatic heterocycles. The van der Waals surface area contributed by atoms with Crippen LogP contribution in [0.25, 0.3) is 0 Å². The molecule has 0 atom stereocenters. The number of rotatable bonds is 4. The molecule has 2 heteroatoms. The molecule has 0 aromatic heterocycles. The van der Waals surface area contributed by atoms with E-state index in [1.165, 1.54) is 44.6 Å². The molecule has 22 heavy (non-hydrogen) atoms. The van der Waals surface area contributed by atoms with Gasteiger partial charge in [0.05, 0.1) is 0 Å². The second-order valence-corrected chi connectivity index (χ2v) is 7.36. The van der Waals surface area contributed by atoms with Crippen LogP contribution in [0, 0.1) is 29.6 Å². The molecule has 4 saturated carbocycles. The van der Waals surface area contributed by atoms with Gasteiger partial charge in [-0.15, -0.1) is 0 Å². The van der Waals surface area contributed by atoms with E-state index in [1.807, 2.05) is 19.1 Å². The number of ether oxygens (including phenoxy) is 1. The van der Waals surface area contributed by atoms with Crippen molar-refractivity contribution in [2.75, 3.05) is 0 Å². The van der Waals surface area contributed by atoms with Crippen molar-refractivity contribution in [2.24, 2.45) is 29.6 Å². The summed E-state index contributed by atoms with van der Waals surface area (Å²) in [5.74, 6) is 4.90. The summed E-state index contributed by atoms with van der Waals surface area (Å²) in [5.41, 5.74) is 1.44. The first-order valence-corrected chi connectivity index (χ1v) is 8.79. The molecule has 0 saturated heterocycles. The second kappa shape index (κ2) is 6.44. The van der Waals surface area contributed by atoms with Gasteiger partial charge in [-0.1, -0.05) is 12.2 Å². The zero-order chi connectivity index (χ0) is 15.7. The van der Waals surface area contributed by atoms with Crippen LogP contribution in [0.4, 0.5) is 0 Å². The topological polar surface area (TPSA) is 26.3 Å². The minimum Gasteiger partial charge on any atom is -0.427 e. The van der Waals surface area contributed by atoms with Gasteiger partial charge >= 0.3 is 5.97 Å². The Morgan fingerprint density at radius 2 is 1.50 bits per heavy atom. The lowest BCUT2D eigenvalue weighted by Gasteiger charge is -2.55. The Bertz CT molecular complexity index is 496. The van der Waals surface area contributed by atoms with Gasteiger partial charge in [-0.3, -0.25) is 4.79 Å². The Morgan fingerprint density at radius 3 is 1.95 bits per heavy atom. The van der Waals surface area contributed by atoms with E-state index in [0.29, 0.717) is 5.76 Å². The van der Waals surface area contributed by atoms with Gasteiger partial charge in [0.2, 0.25) is 0 Å². The summed E-state index contributed by atoms with van der Waals surface area (Å²) in [6.45, 7) is 5.50. The molecule has 4 aliphatic carbocycles. The van der Waals surface area contributed by atoms with Crippen molar-refractivity contribution in [3.8, 4) is 0 Å². The average Bonchev–Trinajstić information content (AvgIpc) is 2.47. The summed E-state index contributed by atoms with van der Waals surface area (Å²) < 4.78 is 5.21. The second-order valence-electron chi connectivity index (χ2n) is 7.36. The third-order valence-corrected chi connectivity index (χ3v) is 5.93. The van der Waals surface area contributed by atoms with Crippen molar-refractivity contribution in [3.05, 3.63) is 35.6 Å². The average molecular weight is 300 g/mol. The van der Waals surface area contributed by atoms with E-state index in [9.17, 15) is 4.79 Å². The van der Waals surface area contributed by atoms with E-state index in [2.05, 4.69) is 19.1 Å². The molecule has 4 aliphatic rings. The number of hydrogen-bond donors (Lipinski definition) is 0. The van der Waals surface area contributed by atoms with E-state index < -0.39 is 0 Å². The summed E-state index contributed by atoms with van der Waals surface area (Å²) in [6.07, 6.45) is 15.5. The molecule has 4 fully saturated rings. The van der Waals surface area contributed by atoms with Gasteiger partial charge in [0, 0.05) is 6.92 Å². The molecule has 120 valence electrons. The molecule has 0 heterocycles. The predicted molar refractivity (Wildman–Crippen MR) is 89.0 cm³/mol. The summed E-state index contributed by atoms with van der Waals surface area (Å²) in [6, 6.07) is 0. The van der Waals surface area contributed by atoms with Crippen molar-refractivity contribution in [1.82, 2.24) is 0 Å². The maximum Gasteiger partial charge on any atom is 0.308 e. The van der Waals surface area contributed by atoms with Crippen LogP contribution in [0.1, 0.15) is 52.9 Å². The van der Waals surface area contributed by atoms with E-state index in [0.717, 1.165) is 29.6 Å². The fourth-order valence-electron chi connectivity index (χ4n) is 5.40. The first-order chi connectivity index (χ1) is 10.6. The van der Waals surface area contributed by atoms with Crippen LogP contribution in [0.15, 0.2) is 35.6 Å². The molecular formula is C20H28O2. The van der Waals surface area contributed by atoms with Crippen molar-refractivity contribution in [2.45, 2.75) is 52.9 Å². The quantitative estimate of drug-likeness (QED) is 0.413. The number of esters is 1. The van der Waals surface area contributed by atoms with Gasteiger partial charge in [0.25, 0.3) is 0 Å². The molecule has 0 aromatic rings. The summed E-state index contributed by atoms with van der Waals surface area (Å²) in [4.78, 5) is 11.1. The SMILES string of the molecule is C\C=C(/C=C\C(=C/C)OC(C)=O)C1C2CC3CC(C2)CC1C3. The molecule has 0 radical (unpaired) electrons. The van der Waals surface area contributed by atoms with Gasteiger partial charge in [-0.25, -0.2) is 0 Å². The molecule has 0 spiro atoms. The Hall–Kier alpha value is -1.31. The highest BCUT2D eigenvalue weighted by molar-refractivity contribution is 5.67. The molecule has 4 rings (SSSR count). The van der Waals surface area contributed by atoms with E-state index in [-0.39, 0.29) is 5.97 Å². The van der Waals surface area contributed by atoms with Gasteiger partial charge in [0.1, 0.15) is 5.76 Å². The van der Waals surface area contributed by atoms with Crippen LogP contribution in [-0.4, -0.2) is 5.97 Å². The van der Waals surface area contributed by atoms with Crippen LogP contribution < -0.4 is 0 Å². The predicted octanol–water partition coefficient (Wildman–Crippen LogP) is 5.03. The minimum absolute atomic E-state index is 0.255. The zero-order valence-corrected chi connectivity index (χ0v) is 14.0. The highest BCUT2D eigenvalue weighted by atomic mass is 16.5. The molecule has 0 aromatic carbocycles. The van der Waals surface area contributed by atoms with E-state index >= 15 is 0 Å². The van der Waals surface area contributed by atoms with E-state index in [4.69, 9.17) is 4.74 Å². The zero-order valence-electron chi connectivity index (χ0n) is 14.0. The van der Waals surface area contributed by atoms with Crippen LogP contribution in [-0.2, 0) is 9.53 Å². The first kappa shape index (κ1) is 15.6. The van der Waals surface area contributed by atoms with Gasteiger partial charge < -0.3 is 4.74 Å². The van der Waals surface area contributed by atoms with Crippen molar-refractivity contribution < 1.29 is 9.53 Å². The van der Waals surface area contributed by atoms with Gasteiger partial charge in [0.15, 0.2) is 0 Å². The maximum atomic E-state index is 11.1.